The van der Waals surface area contributed by atoms with Gasteiger partial charge in [-0.2, -0.15) is 0 Å². The molecule has 174 valence electrons. The zero-order chi connectivity index (χ0) is 22.9. The van der Waals surface area contributed by atoms with E-state index in [1.54, 1.807) is 12.1 Å². The molecule has 5 rings (SSSR count). The van der Waals surface area contributed by atoms with E-state index < -0.39 is 0 Å². The summed E-state index contributed by atoms with van der Waals surface area (Å²) in [6, 6.07) is 28.7. The van der Waals surface area contributed by atoms with E-state index >= 15 is 0 Å². The summed E-state index contributed by atoms with van der Waals surface area (Å²) in [7, 11) is 0. The number of aryl methyl sites for hydroxylation is 2. The van der Waals surface area contributed by atoms with Crippen LogP contribution in [0.15, 0.2) is 97.2 Å². The average molecular weight is 528 g/mol. The Morgan fingerprint density at radius 3 is 1.53 bits per heavy atom. The SMILES string of the molecule is Cc1cnc(C)c([CH]=[Ti])c1.Cl.Cl.Oc1cccc2ccccc12.Oc1cccc2ccccc12. The number of nitrogens with zero attached hydrogens (tertiary/aromatic N) is 1. The van der Waals surface area contributed by atoms with Gasteiger partial charge in [-0.3, -0.25) is 0 Å². The number of phenols is 2. The molecule has 0 fully saturated rings. The van der Waals surface area contributed by atoms with Crippen molar-refractivity contribution in [2.75, 3.05) is 0 Å². The average Bonchev–Trinajstić information content (AvgIpc) is 2.82. The van der Waals surface area contributed by atoms with E-state index in [1.165, 1.54) is 11.1 Å². The van der Waals surface area contributed by atoms with Crippen molar-refractivity contribution >= 4 is 50.7 Å². The van der Waals surface area contributed by atoms with E-state index in [4.69, 9.17) is 0 Å². The second-order valence-corrected chi connectivity index (χ2v) is 7.78. The molecular weight excluding hydrogens is 501 g/mol. The molecule has 0 saturated heterocycles. The molecular formula is C28H27Cl2NO2Ti. The minimum absolute atomic E-state index is 0. The maximum atomic E-state index is 9.37. The van der Waals surface area contributed by atoms with E-state index in [1.807, 2.05) is 106 Å². The number of phenolic OH excluding ortho intramolecular Hbond substituents is 2. The first kappa shape index (κ1) is 29.3. The molecule has 1 heterocycles. The van der Waals surface area contributed by atoms with Crippen LogP contribution in [0.25, 0.3) is 21.5 Å². The maximum absolute atomic E-state index is 9.37. The van der Waals surface area contributed by atoms with Crippen molar-refractivity contribution in [3.05, 3.63) is 114 Å². The van der Waals surface area contributed by atoms with Crippen LogP contribution in [0.1, 0.15) is 16.8 Å². The number of rotatable bonds is 1. The van der Waals surface area contributed by atoms with Gasteiger partial charge in [0.05, 0.1) is 0 Å². The fourth-order valence-electron chi connectivity index (χ4n) is 3.22. The van der Waals surface area contributed by atoms with Crippen molar-refractivity contribution in [2.24, 2.45) is 0 Å². The van der Waals surface area contributed by atoms with Crippen LogP contribution < -0.4 is 0 Å². The topological polar surface area (TPSA) is 53.4 Å². The first-order valence-corrected chi connectivity index (χ1v) is 11.2. The molecule has 0 aliphatic rings. The molecule has 0 saturated carbocycles. The van der Waals surface area contributed by atoms with Crippen LogP contribution in [0, 0.1) is 13.8 Å². The van der Waals surface area contributed by atoms with Crippen molar-refractivity contribution in [3.63, 3.8) is 0 Å². The predicted octanol–water partition coefficient (Wildman–Crippen LogP) is 7.33. The van der Waals surface area contributed by atoms with Gasteiger partial charge in [0.25, 0.3) is 0 Å². The summed E-state index contributed by atoms with van der Waals surface area (Å²) in [5, 5.41) is 22.7. The molecule has 6 heteroatoms. The Hall–Kier alpha value is -2.69. The van der Waals surface area contributed by atoms with Crippen LogP contribution in [0.5, 0.6) is 11.5 Å². The van der Waals surface area contributed by atoms with Gasteiger partial charge in [-0.15, -0.1) is 24.8 Å². The number of aromatic hydroxyl groups is 2. The van der Waals surface area contributed by atoms with Gasteiger partial charge in [-0.25, -0.2) is 0 Å². The first-order valence-electron chi connectivity index (χ1n) is 10.3. The Labute approximate surface area is 224 Å². The number of pyridine rings is 1. The normalized spacial score (nSPS) is 9.32. The van der Waals surface area contributed by atoms with Crippen LogP contribution in [0.4, 0.5) is 0 Å². The largest absolute Gasteiger partial charge is 0.507 e. The second-order valence-electron chi connectivity index (χ2n) is 7.33. The molecule has 3 nitrogen and oxygen atoms in total. The molecule has 5 aromatic rings. The minimum Gasteiger partial charge on any atom is -0.507 e. The van der Waals surface area contributed by atoms with Crippen LogP contribution >= 0.6 is 24.8 Å². The van der Waals surface area contributed by atoms with Crippen molar-refractivity contribution < 1.29 is 30.2 Å². The van der Waals surface area contributed by atoms with Crippen LogP contribution in [0.3, 0.4) is 0 Å². The number of benzene rings is 4. The van der Waals surface area contributed by atoms with Crippen molar-refractivity contribution in [2.45, 2.75) is 13.8 Å². The van der Waals surface area contributed by atoms with E-state index in [0.717, 1.165) is 27.2 Å². The molecule has 4 aromatic carbocycles. The molecule has 0 spiro atoms. The summed E-state index contributed by atoms with van der Waals surface area (Å²) in [6.45, 7) is 4.08. The zero-order valence-corrected chi connectivity index (χ0v) is 22.2. The third-order valence-electron chi connectivity index (χ3n) is 4.95. The molecule has 0 amide bonds. The summed E-state index contributed by atoms with van der Waals surface area (Å²) in [4.78, 5) is 4.22. The third kappa shape index (κ3) is 7.97. The molecule has 2 N–H and O–H groups in total. The van der Waals surface area contributed by atoms with Gasteiger partial charge in [0, 0.05) is 10.8 Å². The van der Waals surface area contributed by atoms with E-state index in [0.29, 0.717) is 11.5 Å². The van der Waals surface area contributed by atoms with Crippen LogP contribution in [-0.2, 0) is 20.0 Å². The fourth-order valence-corrected chi connectivity index (χ4v) is 3.68. The van der Waals surface area contributed by atoms with E-state index in [2.05, 4.69) is 22.3 Å². The Kier molecular flexibility index (Phi) is 12.6. The van der Waals surface area contributed by atoms with Crippen molar-refractivity contribution in [1.29, 1.82) is 0 Å². The van der Waals surface area contributed by atoms with Gasteiger partial charge >= 0.3 is 72.2 Å². The molecule has 0 bridgehead atoms. The molecule has 0 unspecified atom stereocenters. The van der Waals surface area contributed by atoms with Crippen LogP contribution in [0.2, 0.25) is 0 Å². The van der Waals surface area contributed by atoms with Gasteiger partial charge in [0.15, 0.2) is 0 Å². The minimum atomic E-state index is 0. The Balaban J connectivity index is 0.000000248. The predicted molar refractivity (Wildman–Crippen MR) is 145 cm³/mol. The van der Waals surface area contributed by atoms with Gasteiger partial charge in [0.1, 0.15) is 11.5 Å². The smallest absolute Gasteiger partial charge is 0.123 e. The maximum Gasteiger partial charge on any atom is 0.123 e. The first-order chi connectivity index (χ1) is 15.5. The summed E-state index contributed by atoms with van der Waals surface area (Å²) in [5.41, 5.74) is 3.56. The number of aromatic nitrogens is 1. The molecule has 0 radical (unpaired) electrons. The Morgan fingerprint density at radius 1 is 0.676 bits per heavy atom. The molecule has 0 aliphatic heterocycles. The summed E-state index contributed by atoms with van der Waals surface area (Å²) in [5.74, 6) is 0.700. The Bertz CT molecular complexity index is 1270. The standard InChI is InChI=1S/2C10H8O.C8H9N.2ClH.Ti/c2*11-10-7-3-5-8-4-1-2-6-9(8)10;1-6-4-7(2)8(3)9-5-6;;;/h2*1-7,11H;2,4-5H,1,3H3;2*1H;. The molecule has 34 heavy (non-hydrogen) atoms. The molecule has 0 aliphatic carbocycles. The third-order valence-corrected chi connectivity index (χ3v) is 5.44. The van der Waals surface area contributed by atoms with Gasteiger partial charge in [-0.05, 0) is 22.9 Å². The van der Waals surface area contributed by atoms with Crippen LogP contribution in [-0.4, -0.2) is 19.5 Å². The number of halogens is 2. The summed E-state index contributed by atoms with van der Waals surface area (Å²) < 4.78 is 2.08. The van der Waals surface area contributed by atoms with Gasteiger partial charge < -0.3 is 10.2 Å². The second kappa shape index (κ2) is 14.5. The van der Waals surface area contributed by atoms with Gasteiger partial charge in [0.2, 0.25) is 0 Å². The fraction of sp³-hybridized carbons (Fsp3) is 0.0714. The number of fused-ring (bicyclic) bond motifs is 2. The number of hydrogen-bond donors (Lipinski definition) is 2. The zero-order valence-electron chi connectivity index (χ0n) is 19.0. The molecule has 1 aromatic heterocycles. The quantitative estimate of drug-likeness (QED) is 0.224. The summed E-state index contributed by atoms with van der Waals surface area (Å²) >= 11 is 2.03. The summed E-state index contributed by atoms with van der Waals surface area (Å²) in [6.07, 6.45) is 1.89. The van der Waals surface area contributed by atoms with Crippen molar-refractivity contribution in [3.8, 4) is 11.5 Å². The Morgan fingerprint density at radius 2 is 1.12 bits per heavy atom. The van der Waals surface area contributed by atoms with Gasteiger partial charge in [-0.1, -0.05) is 72.8 Å². The van der Waals surface area contributed by atoms with Crippen molar-refractivity contribution in [1.82, 2.24) is 4.98 Å². The molecule has 0 atom stereocenters. The monoisotopic (exact) mass is 527 g/mol. The number of hydrogen-bond acceptors (Lipinski definition) is 3. The van der Waals surface area contributed by atoms with E-state index in [9.17, 15) is 10.2 Å². The van der Waals surface area contributed by atoms with E-state index in [-0.39, 0.29) is 24.8 Å².